The zero-order chi connectivity index (χ0) is 9.14. The minimum atomic E-state index is -0.975. The number of carboxylic acid groups (broad SMARTS) is 1. The second-order valence-corrected chi connectivity index (χ2v) is 2.58. The number of carbonyl (C=O) groups is 2. The molecule has 1 heterocycles. The number of nitrogens with zero attached hydrogens (tertiary/aromatic N) is 1. The highest BCUT2D eigenvalue weighted by molar-refractivity contribution is 5.87. The number of aromatic carboxylic acids is 1. The first-order chi connectivity index (χ1) is 5.59. The number of carboxylic acids is 1. The van der Waals surface area contributed by atoms with Crippen LogP contribution in [-0.2, 0) is 11.3 Å². The number of aromatic nitrogens is 1. The first-order valence-corrected chi connectivity index (χ1v) is 3.48. The Bertz CT molecular complexity index is 314. The van der Waals surface area contributed by atoms with Crippen molar-refractivity contribution in [1.29, 1.82) is 0 Å². The molecule has 64 valence electrons. The molecule has 0 atom stereocenters. The van der Waals surface area contributed by atoms with Crippen LogP contribution in [0.3, 0.4) is 0 Å². The molecule has 0 aliphatic carbocycles. The van der Waals surface area contributed by atoms with Crippen molar-refractivity contribution in [1.82, 2.24) is 4.57 Å². The Labute approximate surface area is 69.4 Å². The van der Waals surface area contributed by atoms with Gasteiger partial charge in [-0.1, -0.05) is 0 Å². The summed E-state index contributed by atoms with van der Waals surface area (Å²) in [6.07, 6.45) is 3.01. The van der Waals surface area contributed by atoms with Crippen LogP contribution in [0, 0.1) is 0 Å². The van der Waals surface area contributed by atoms with E-state index in [1.54, 1.807) is 10.8 Å². The van der Waals surface area contributed by atoms with Crippen LogP contribution < -0.4 is 0 Å². The van der Waals surface area contributed by atoms with E-state index in [-0.39, 0.29) is 17.9 Å². The summed E-state index contributed by atoms with van der Waals surface area (Å²) in [5, 5.41) is 8.53. The molecule has 1 rings (SSSR count). The molecule has 1 aromatic rings. The van der Waals surface area contributed by atoms with Crippen LogP contribution in [-0.4, -0.2) is 21.4 Å². The lowest BCUT2D eigenvalue weighted by molar-refractivity contribution is -0.117. The Morgan fingerprint density at radius 3 is 2.67 bits per heavy atom. The highest BCUT2D eigenvalue weighted by atomic mass is 16.4. The van der Waals surface area contributed by atoms with Crippen LogP contribution in [0.5, 0.6) is 0 Å². The van der Waals surface area contributed by atoms with E-state index in [9.17, 15) is 9.59 Å². The molecular formula is C8H9NO3. The summed E-state index contributed by atoms with van der Waals surface area (Å²) in [7, 11) is 0. The van der Waals surface area contributed by atoms with Crippen molar-refractivity contribution >= 4 is 11.8 Å². The maximum absolute atomic E-state index is 10.6. The Hall–Kier alpha value is -1.58. The quantitative estimate of drug-likeness (QED) is 0.723. The highest BCUT2D eigenvalue weighted by Crippen LogP contribution is 2.00. The van der Waals surface area contributed by atoms with Gasteiger partial charge in [-0.2, -0.15) is 0 Å². The molecular weight excluding hydrogens is 158 g/mol. The molecule has 0 unspecified atom stereocenters. The van der Waals surface area contributed by atoms with Gasteiger partial charge < -0.3 is 9.67 Å². The van der Waals surface area contributed by atoms with Crippen LogP contribution in [0.4, 0.5) is 0 Å². The summed E-state index contributed by atoms with van der Waals surface area (Å²) >= 11 is 0. The molecule has 0 spiro atoms. The summed E-state index contributed by atoms with van der Waals surface area (Å²) in [4.78, 5) is 21.0. The van der Waals surface area contributed by atoms with Crippen molar-refractivity contribution < 1.29 is 14.7 Å². The van der Waals surface area contributed by atoms with Crippen molar-refractivity contribution in [3.63, 3.8) is 0 Å². The van der Waals surface area contributed by atoms with Gasteiger partial charge in [0.1, 0.15) is 5.78 Å². The third kappa shape index (κ3) is 1.95. The predicted octanol–water partition coefficient (Wildman–Crippen LogP) is 0.775. The number of carbonyl (C=O) groups excluding carboxylic acids is 1. The SMILES string of the molecule is CC(=O)Cn1ccc(C(=O)O)c1. The van der Waals surface area contributed by atoms with Gasteiger partial charge in [0.05, 0.1) is 12.1 Å². The Morgan fingerprint density at radius 1 is 1.58 bits per heavy atom. The molecule has 4 heteroatoms. The number of Topliss-reactive ketones (excluding diaryl/α,β-unsaturated/α-hetero) is 1. The number of ketones is 1. The van der Waals surface area contributed by atoms with E-state index in [4.69, 9.17) is 5.11 Å². The predicted molar refractivity (Wildman–Crippen MR) is 42.1 cm³/mol. The molecule has 0 saturated heterocycles. The lowest BCUT2D eigenvalue weighted by Crippen LogP contribution is -2.03. The number of rotatable bonds is 3. The van der Waals surface area contributed by atoms with E-state index in [1.807, 2.05) is 0 Å². The third-order valence-corrected chi connectivity index (χ3v) is 1.40. The maximum atomic E-state index is 10.6. The fourth-order valence-electron chi connectivity index (χ4n) is 0.923. The average molecular weight is 167 g/mol. The molecule has 1 N–H and O–H groups in total. The zero-order valence-electron chi connectivity index (χ0n) is 6.65. The van der Waals surface area contributed by atoms with Gasteiger partial charge in [-0.3, -0.25) is 4.79 Å². The van der Waals surface area contributed by atoms with E-state index in [0.29, 0.717) is 0 Å². The lowest BCUT2D eigenvalue weighted by Gasteiger charge is -1.95. The number of hydrogen-bond donors (Lipinski definition) is 1. The van der Waals surface area contributed by atoms with Crippen molar-refractivity contribution in [2.24, 2.45) is 0 Å². The van der Waals surface area contributed by atoms with E-state index in [2.05, 4.69) is 0 Å². The van der Waals surface area contributed by atoms with Gasteiger partial charge >= 0.3 is 5.97 Å². The average Bonchev–Trinajstić information content (AvgIpc) is 2.34. The maximum Gasteiger partial charge on any atom is 0.337 e. The van der Waals surface area contributed by atoms with Crippen molar-refractivity contribution in [2.75, 3.05) is 0 Å². The molecule has 12 heavy (non-hydrogen) atoms. The smallest absolute Gasteiger partial charge is 0.337 e. The third-order valence-electron chi connectivity index (χ3n) is 1.40. The minimum absolute atomic E-state index is 0.00235. The van der Waals surface area contributed by atoms with Crippen LogP contribution in [0.15, 0.2) is 18.5 Å². The summed E-state index contributed by atoms with van der Waals surface area (Å²) in [5.74, 6) is -0.972. The van der Waals surface area contributed by atoms with Gasteiger partial charge in [-0.25, -0.2) is 4.79 Å². The summed E-state index contributed by atoms with van der Waals surface area (Å²) in [6, 6.07) is 1.46. The largest absolute Gasteiger partial charge is 0.478 e. The number of hydrogen-bond acceptors (Lipinski definition) is 2. The van der Waals surface area contributed by atoms with Crippen LogP contribution in [0.2, 0.25) is 0 Å². The lowest BCUT2D eigenvalue weighted by atomic mass is 10.3. The van der Waals surface area contributed by atoms with Gasteiger partial charge in [0.15, 0.2) is 0 Å². The monoisotopic (exact) mass is 167 g/mol. The Morgan fingerprint density at radius 2 is 2.25 bits per heavy atom. The molecule has 0 bridgehead atoms. The fourth-order valence-corrected chi connectivity index (χ4v) is 0.923. The molecule has 1 aromatic heterocycles. The van der Waals surface area contributed by atoms with Gasteiger partial charge in [-0.15, -0.1) is 0 Å². The molecule has 0 fully saturated rings. The van der Waals surface area contributed by atoms with Crippen molar-refractivity contribution in [3.05, 3.63) is 24.0 Å². The van der Waals surface area contributed by atoms with E-state index >= 15 is 0 Å². The Kier molecular flexibility index (Phi) is 2.28. The summed E-state index contributed by atoms with van der Waals surface area (Å²) < 4.78 is 1.55. The van der Waals surface area contributed by atoms with Crippen LogP contribution >= 0.6 is 0 Å². The fraction of sp³-hybridized carbons (Fsp3) is 0.250. The zero-order valence-corrected chi connectivity index (χ0v) is 6.65. The van der Waals surface area contributed by atoms with Crippen LogP contribution in [0.1, 0.15) is 17.3 Å². The molecule has 4 nitrogen and oxygen atoms in total. The van der Waals surface area contributed by atoms with E-state index < -0.39 is 5.97 Å². The summed E-state index contributed by atoms with van der Waals surface area (Å²) in [6.45, 7) is 1.69. The topological polar surface area (TPSA) is 59.3 Å². The van der Waals surface area contributed by atoms with Gasteiger partial charge in [-0.05, 0) is 13.0 Å². The molecule has 0 amide bonds. The normalized spacial score (nSPS) is 9.75. The second kappa shape index (κ2) is 3.21. The summed E-state index contributed by atoms with van der Waals surface area (Å²) in [5.41, 5.74) is 0.205. The van der Waals surface area contributed by atoms with E-state index in [0.717, 1.165) is 0 Å². The highest BCUT2D eigenvalue weighted by Gasteiger charge is 2.04. The van der Waals surface area contributed by atoms with E-state index in [1.165, 1.54) is 19.2 Å². The van der Waals surface area contributed by atoms with Crippen molar-refractivity contribution in [3.8, 4) is 0 Å². The van der Waals surface area contributed by atoms with Gasteiger partial charge in [0.2, 0.25) is 0 Å². The van der Waals surface area contributed by atoms with Gasteiger partial charge in [0, 0.05) is 12.4 Å². The molecule has 0 aromatic carbocycles. The van der Waals surface area contributed by atoms with Gasteiger partial charge in [0.25, 0.3) is 0 Å². The van der Waals surface area contributed by atoms with Crippen molar-refractivity contribution in [2.45, 2.75) is 13.5 Å². The first kappa shape index (κ1) is 8.52. The Balaban J connectivity index is 2.77. The molecule has 0 aliphatic heterocycles. The second-order valence-electron chi connectivity index (χ2n) is 2.58. The molecule has 0 aliphatic rings. The molecule has 0 saturated carbocycles. The molecule has 0 radical (unpaired) electrons. The standard InChI is InChI=1S/C8H9NO3/c1-6(10)4-9-3-2-7(5-9)8(11)12/h2-3,5H,4H2,1H3,(H,11,12). The minimum Gasteiger partial charge on any atom is -0.478 e. The van der Waals surface area contributed by atoms with Crippen LogP contribution in [0.25, 0.3) is 0 Å². The first-order valence-electron chi connectivity index (χ1n) is 3.48.